The molecular weight excluding hydrogens is 384 g/mol. The largest absolute Gasteiger partial charge is 0.411 e. The summed E-state index contributed by atoms with van der Waals surface area (Å²) >= 11 is 6.95. The van der Waals surface area contributed by atoms with Gasteiger partial charge in [0.05, 0.1) is 16.0 Å². The second-order valence-electron chi connectivity index (χ2n) is 5.25. The third kappa shape index (κ3) is 4.39. The molecule has 26 heavy (non-hydrogen) atoms. The number of nitrogens with zero attached hydrogens (tertiary/aromatic N) is 2. The Labute approximate surface area is 156 Å². The van der Waals surface area contributed by atoms with E-state index >= 15 is 0 Å². The summed E-state index contributed by atoms with van der Waals surface area (Å²) < 4.78 is 31.5. The number of hydrogen-bond donors (Lipinski definition) is 1. The van der Waals surface area contributed by atoms with Crippen molar-refractivity contribution in [2.24, 2.45) is 0 Å². The first-order chi connectivity index (χ1) is 12.4. The van der Waals surface area contributed by atoms with Crippen molar-refractivity contribution in [1.29, 1.82) is 0 Å². The highest BCUT2D eigenvalue weighted by molar-refractivity contribution is 8.00. The van der Waals surface area contributed by atoms with E-state index in [1.54, 1.807) is 6.92 Å². The van der Waals surface area contributed by atoms with E-state index in [2.05, 4.69) is 15.5 Å². The van der Waals surface area contributed by atoms with Gasteiger partial charge in [-0.3, -0.25) is 4.79 Å². The second-order valence-corrected chi connectivity index (χ2v) is 6.95. The van der Waals surface area contributed by atoms with Crippen LogP contribution in [0.25, 0.3) is 11.5 Å². The molecule has 9 heteroatoms. The zero-order chi connectivity index (χ0) is 18.7. The van der Waals surface area contributed by atoms with E-state index in [1.807, 2.05) is 0 Å². The first-order valence-electron chi connectivity index (χ1n) is 7.44. The van der Waals surface area contributed by atoms with Crippen LogP contribution in [0.5, 0.6) is 0 Å². The Balaban J connectivity index is 1.65. The Hall–Kier alpha value is -2.45. The molecule has 1 heterocycles. The maximum atomic E-state index is 13.0. The summed E-state index contributed by atoms with van der Waals surface area (Å²) in [4.78, 5) is 12.3. The van der Waals surface area contributed by atoms with E-state index < -0.39 is 11.1 Å². The molecule has 5 nitrogen and oxygen atoms in total. The number of hydrogen-bond acceptors (Lipinski definition) is 5. The van der Waals surface area contributed by atoms with Crippen LogP contribution in [0.3, 0.4) is 0 Å². The number of thioether (sulfide) groups is 1. The molecule has 1 N–H and O–H groups in total. The number of carbonyl (C=O) groups is 1. The summed E-state index contributed by atoms with van der Waals surface area (Å²) in [6, 6.07) is 9.30. The molecular formula is C17H12ClF2N3O2S. The zero-order valence-corrected chi connectivity index (χ0v) is 14.9. The van der Waals surface area contributed by atoms with Crippen molar-refractivity contribution >= 4 is 35.0 Å². The molecule has 2 aromatic carbocycles. The first-order valence-corrected chi connectivity index (χ1v) is 8.70. The molecule has 0 fully saturated rings. The molecule has 0 saturated heterocycles. The van der Waals surface area contributed by atoms with Crippen molar-refractivity contribution < 1.29 is 18.0 Å². The van der Waals surface area contributed by atoms with Gasteiger partial charge in [-0.2, -0.15) is 0 Å². The lowest BCUT2D eigenvalue weighted by molar-refractivity contribution is -0.115. The molecule has 0 spiro atoms. The molecule has 1 unspecified atom stereocenters. The van der Waals surface area contributed by atoms with Crippen molar-refractivity contribution in [1.82, 2.24) is 10.2 Å². The van der Waals surface area contributed by atoms with Gasteiger partial charge in [-0.1, -0.05) is 23.4 Å². The van der Waals surface area contributed by atoms with Crippen LogP contribution < -0.4 is 5.32 Å². The Morgan fingerprint density at radius 2 is 1.85 bits per heavy atom. The minimum atomic E-state index is -0.572. The summed E-state index contributed by atoms with van der Waals surface area (Å²) in [5, 5.41) is 10.1. The predicted octanol–water partition coefficient (Wildman–Crippen LogP) is 4.79. The number of halogens is 3. The topological polar surface area (TPSA) is 68.0 Å². The standard InChI is InChI=1S/C17H12ClF2N3O2S/c1-9(15(24)21-14-7-6-12(20)8-13(14)18)26-17-23-22-16(25-17)10-2-4-11(19)5-3-10/h2-9H,1H3,(H,21,24). The van der Waals surface area contributed by atoms with E-state index in [1.165, 1.54) is 36.4 Å². The maximum absolute atomic E-state index is 13.0. The third-order valence-electron chi connectivity index (χ3n) is 3.33. The first kappa shape index (κ1) is 18.3. The molecule has 0 aliphatic heterocycles. The summed E-state index contributed by atoms with van der Waals surface area (Å²) in [7, 11) is 0. The van der Waals surface area contributed by atoms with Gasteiger partial charge >= 0.3 is 0 Å². The number of rotatable bonds is 5. The number of aromatic nitrogens is 2. The predicted molar refractivity (Wildman–Crippen MR) is 95.1 cm³/mol. The quantitative estimate of drug-likeness (QED) is 0.629. The lowest BCUT2D eigenvalue weighted by Gasteiger charge is -2.11. The van der Waals surface area contributed by atoms with Crippen LogP contribution in [0.15, 0.2) is 52.1 Å². The Kier molecular flexibility index (Phi) is 5.53. The second kappa shape index (κ2) is 7.84. The van der Waals surface area contributed by atoms with Gasteiger partial charge in [-0.05, 0) is 49.4 Å². The average molecular weight is 396 g/mol. The molecule has 0 aliphatic rings. The lowest BCUT2D eigenvalue weighted by atomic mass is 10.2. The average Bonchev–Trinajstić information content (AvgIpc) is 3.06. The van der Waals surface area contributed by atoms with Crippen LogP contribution in [0, 0.1) is 11.6 Å². The molecule has 0 radical (unpaired) electrons. The van der Waals surface area contributed by atoms with Crippen molar-refractivity contribution in [3.05, 3.63) is 59.1 Å². The molecule has 0 bridgehead atoms. The van der Waals surface area contributed by atoms with Gasteiger partial charge in [-0.25, -0.2) is 8.78 Å². The van der Waals surface area contributed by atoms with Gasteiger partial charge < -0.3 is 9.73 Å². The van der Waals surface area contributed by atoms with Gasteiger partial charge in [0.15, 0.2) is 0 Å². The van der Waals surface area contributed by atoms with Crippen LogP contribution in [0.1, 0.15) is 6.92 Å². The highest BCUT2D eigenvalue weighted by Gasteiger charge is 2.19. The molecule has 1 aromatic heterocycles. The van der Waals surface area contributed by atoms with Crippen molar-refractivity contribution in [2.45, 2.75) is 17.4 Å². The minimum absolute atomic E-state index is 0.104. The molecule has 3 rings (SSSR count). The summed E-state index contributed by atoms with van der Waals surface area (Å²) in [6.07, 6.45) is 0. The fourth-order valence-corrected chi connectivity index (χ4v) is 2.89. The number of nitrogens with one attached hydrogen (secondary N) is 1. The molecule has 0 saturated carbocycles. The number of benzene rings is 2. The summed E-state index contributed by atoms with van der Waals surface area (Å²) in [5.41, 5.74) is 0.879. The normalized spacial score (nSPS) is 12.0. The van der Waals surface area contributed by atoms with Crippen molar-refractivity contribution in [3.63, 3.8) is 0 Å². The van der Waals surface area contributed by atoms with E-state index in [0.29, 0.717) is 11.3 Å². The monoisotopic (exact) mass is 395 g/mol. The fraction of sp³-hybridized carbons (Fsp3) is 0.118. The van der Waals surface area contributed by atoms with Gasteiger partial charge in [-0.15, -0.1) is 10.2 Å². The SMILES string of the molecule is CC(Sc1nnc(-c2ccc(F)cc2)o1)C(=O)Nc1ccc(F)cc1Cl. The van der Waals surface area contributed by atoms with Crippen LogP contribution >= 0.6 is 23.4 Å². The van der Waals surface area contributed by atoms with Crippen molar-refractivity contribution in [2.75, 3.05) is 5.32 Å². The summed E-state index contributed by atoms with van der Waals surface area (Å²) in [6.45, 7) is 1.65. The van der Waals surface area contributed by atoms with Gasteiger partial charge in [0.1, 0.15) is 11.6 Å². The zero-order valence-electron chi connectivity index (χ0n) is 13.4. The van der Waals surface area contributed by atoms with Crippen molar-refractivity contribution in [3.8, 4) is 11.5 Å². The van der Waals surface area contributed by atoms with Gasteiger partial charge in [0.25, 0.3) is 5.22 Å². The van der Waals surface area contributed by atoms with E-state index in [4.69, 9.17) is 16.0 Å². The molecule has 3 aromatic rings. The fourth-order valence-electron chi connectivity index (χ4n) is 2.00. The highest BCUT2D eigenvalue weighted by Crippen LogP contribution is 2.28. The van der Waals surface area contributed by atoms with Gasteiger partial charge in [0, 0.05) is 5.56 Å². The summed E-state index contributed by atoms with van der Waals surface area (Å²) in [5.74, 6) is -0.992. The number of anilines is 1. The molecule has 0 aliphatic carbocycles. The van der Waals surface area contributed by atoms with E-state index in [-0.39, 0.29) is 27.9 Å². The highest BCUT2D eigenvalue weighted by atomic mass is 35.5. The number of carbonyl (C=O) groups excluding carboxylic acids is 1. The van der Waals surface area contributed by atoms with Crippen LogP contribution in [-0.2, 0) is 4.79 Å². The lowest BCUT2D eigenvalue weighted by Crippen LogP contribution is -2.22. The Bertz CT molecular complexity index is 934. The smallest absolute Gasteiger partial charge is 0.277 e. The van der Waals surface area contributed by atoms with Crippen LogP contribution in [0.2, 0.25) is 5.02 Å². The minimum Gasteiger partial charge on any atom is -0.411 e. The molecule has 1 atom stereocenters. The number of amides is 1. The van der Waals surface area contributed by atoms with Crippen LogP contribution in [-0.4, -0.2) is 21.4 Å². The van der Waals surface area contributed by atoms with Crippen LogP contribution in [0.4, 0.5) is 14.5 Å². The van der Waals surface area contributed by atoms with E-state index in [0.717, 1.165) is 17.8 Å². The van der Waals surface area contributed by atoms with Gasteiger partial charge in [0.2, 0.25) is 11.8 Å². The van der Waals surface area contributed by atoms with E-state index in [9.17, 15) is 13.6 Å². The Morgan fingerprint density at radius 1 is 1.15 bits per heavy atom. The third-order valence-corrected chi connectivity index (χ3v) is 4.58. The molecule has 1 amide bonds. The Morgan fingerprint density at radius 3 is 2.54 bits per heavy atom. The molecule has 134 valence electrons. The maximum Gasteiger partial charge on any atom is 0.277 e.